The Bertz CT molecular complexity index is 864. The zero-order valence-electron chi connectivity index (χ0n) is 17.3. The van der Waals surface area contributed by atoms with Crippen LogP contribution in [0.4, 0.5) is 0 Å². The molecule has 2 aliphatic heterocycles. The zero-order chi connectivity index (χ0) is 19.8. The van der Waals surface area contributed by atoms with Crippen molar-refractivity contribution in [3.05, 3.63) is 28.6 Å². The lowest BCUT2D eigenvalue weighted by atomic mass is 9.98. The topological polar surface area (TPSA) is 78.1 Å². The summed E-state index contributed by atoms with van der Waals surface area (Å²) in [6.07, 6.45) is 3.23. The van der Waals surface area contributed by atoms with Gasteiger partial charge < -0.3 is 14.2 Å². The Labute approximate surface area is 165 Å². The van der Waals surface area contributed by atoms with Crippen molar-refractivity contribution in [3.8, 4) is 0 Å². The summed E-state index contributed by atoms with van der Waals surface area (Å²) in [5, 5.41) is 13.4. The van der Waals surface area contributed by atoms with Crippen LogP contribution in [0.3, 0.4) is 0 Å². The second kappa shape index (κ2) is 7.66. The number of rotatable bonds is 4. The first-order chi connectivity index (χ1) is 13.5. The minimum atomic E-state index is 0.177. The Morgan fingerprint density at radius 1 is 1.21 bits per heavy atom. The highest BCUT2D eigenvalue weighted by molar-refractivity contribution is 5.76. The molecule has 28 heavy (non-hydrogen) atoms. The van der Waals surface area contributed by atoms with Crippen molar-refractivity contribution in [2.24, 2.45) is 7.05 Å². The number of hydrogen-bond acceptors (Lipinski definition) is 5. The smallest absolute Gasteiger partial charge is 0.223 e. The van der Waals surface area contributed by atoms with Crippen molar-refractivity contribution in [3.63, 3.8) is 0 Å². The Morgan fingerprint density at radius 3 is 2.64 bits per heavy atom. The van der Waals surface area contributed by atoms with Gasteiger partial charge in [-0.2, -0.15) is 5.10 Å². The van der Waals surface area contributed by atoms with Gasteiger partial charge in [-0.05, 0) is 45.6 Å². The highest BCUT2D eigenvalue weighted by atomic mass is 16.5. The van der Waals surface area contributed by atoms with Crippen LogP contribution >= 0.6 is 0 Å². The van der Waals surface area contributed by atoms with Crippen LogP contribution in [0, 0.1) is 13.8 Å². The lowest BCUT2D eigenvalue weighted by molar-refractivity contribution is -0.133. The maximum atomic E-state index is 12.9. The predicted molar refractivity (Wildman–Crippen MR) is 104 cm³/mol. The van der Waals surface area contributed by atoms with Gasteiger partial charge in [0.05, 0.1) is 18.3 Å². The summed E-state index contributed by atoms with van der Waals surface area (Å²) in [7, 11) is 1.95. The van der Waals surface area contributed by atoms with E-state index >= 15 is 0 Å². The molecule has 4 heterocycles. The SMILES string of the molecule is Cc1nn(C)c(C)c1CCC(=O)N1Cc2nnc(C3CCOCC3)n2[C@@H](C)C1. The fraction of sp³-hybridized carbons (Fsp3) is 0.700. The van der Waals surface area contributed by atoms with Gasteiger partial charge in [0.2, 0.25) is 5.91 Å². The lowest BCUT2D eigenvalue weighted by Crippen LogP contribution is -2.41. The minimum Gasteiger partial charge on any atom is -0.381 e. The second-order valence-corrected chi connectivity index (χ2v) is 8.13. The molecule has 8 nitrogen and oxygen atoms in total. The van der Waals surface area contributed by atoms with Gasteiger partial charge in [0, 0.05) is 44.8 Å². The molecular formula is C20H30N6O2. The first-order valence-corrected chi connectivity index (χ1v) is 10.2. The lowest BCUT2D eigenvalue weighted by Gasteiger charge is -2.34. The van der Waals surface area contributed by atoms with E-state index in [1.807, 2.05) is 23.6 Å². The highest BCUT2D eigenvalue weighted by Gasteiger charge is 2.32. The zero-order valence-corrected chi connectivity index (χ0v) is 17.3. The third-order valence-electron chi connectivity index (χ3n) is 6.24. The molecule has 8 heteroatoms. The quantitative estimate of drug-likeness (QED) is 0.804. The van der Waals surface area contributed by atoms with E-state index in [0.717, 1.165) is 55.5 Å². The van der Waals surface area contributed by atoms with Crippen molar-refractivity contribution >= 4 is 5.91 Å². The first-order valence-electron chi connectivity index (χ1n) is 10.2. The maximum Gasteiger partial charge on any atom is 0.223 e. The van der Waals surface area contributed by atoms with Gasteiger partial charge in [0.1, 0.15) is 5.82 Å². The second-order valence-electron chi connectivity index (χ2n) is 8.13. The standard InChI is InChI=1S/C20H30N6O2/c1-13-11-25(19(27)6-5-17-14(2)23-24(4)15(17)3)12-18-21-22-20(26(13)18)16-7-9-28-10-8-16/h13,16H,5-12H2,1-4H3/t13-/m0/s1. The van der Waals surface area contributed by atoms with Crippen LogP contribution in [-0.2, 0) is 29.5 Å². The predicted octanol–water partition coefficient (Wildman–Crippen LogP) is 2.06. The Morgan fingerprint density at radius 2 is 1.96 bits per heavy atom. The summed E-state index contributed by atoms with van der Waals surface area (Å²) in [5.74, 6) is 2.56. The summed E-state index contributed by atoms with van der Waals surface area (Å²) in [6, 6.07) is 0.197. The summed E-state index contributed by atoms with van der Waals surface area (Å²) in [4.78, 5) is 14.8. The molecular weight excluding hydrogens is 356 g/mol. The normalized spacial score (nSPS) is 20.4. The Kier molecular flexibility index (Phi) is 5.23. The van der Waals surface area contributed by atoms with Gasteiger partial charge in [0.25, 0.3) is 0 Å². The molecule has 0 spiro atoms. The number of fused-ring (bicyclic) bond motifs is 1. The molecule has 0 aliphatic carbocycles. The summed E-state index contributed by atoms with van der Waals surface area (Å²) in [6.45, 7) is 9.07. The van der Waals surface area contributed by atoms with Crippen molar-refractivity contribution in [2.75, 3.05) is 19.8 Å². The average molecular weight is 387 g/mol. The molecule has 0 saturated carbocycles. The third kappa shape index (κ3) is 3.45. The molecule has 0 aromatic carbocycles. The van der Waals surface area contributed by atoms with Crippen LogP contribution < -0.4 is 0 Å². The first kappa shape index (κ1) is 19.1. The molecule has 152 valence electrons. The molecule has 1 fully saturated rings. The number of aromatic nitrogens is 5. The molecule has 0 radical (unpaired) electrons. The molecule has 1 saturated heterocycles. The molecule has 2 aromatic heterocycles. The van der Waals surface area contributed by atoms with Crippen molar-refractivity contribution in [2.45, 2.75) is 65.0 Å². The van der Waals surface area contributed by atoms with Gasteiger partial charge >= 0.3 is 0 Å². The van der Waals surface area contributed by atoms with Gasteiger partial charge in [0.15, 0.2) is 5.82 Å². The van der Waals surface area contributed by atoms with Crippen LogP contribution in [0.25, 0.3) is 0 Å². The molecule has 2 aliphatic rings. The molecule has 1 atom stereocenters. The summed E-state index contributed by atoms with van der Waals surface area (Å²) < 4.78 is 9.63. The van der Waals surface area contributed by atoms with E-state index in [4.69, 9.17) is 4.74 Å². The fourth-order valence-corrected chi connectivity index (χ4v) is 4.55. The number of carbonyl (C=O) groups is 1. The minimum absolute atomic E-state index is 0.177. The van der Waals surface area contributed by atoms with Crippen LogP contribution in [0.2, 0.25) is 0 Å². The molecule has 0 N–H and O–H groups in total. The monoisotopic (exact) mass is 386 g/mol. The number of aryl methyl sites for hydroxylation is 2. The summed E-state index contributed by atoms with van der Waals surface area (Å²) >= 11 is 0. The fourth-order valence-electron chi connectivity index (χ4n) is 4.55. The number of carbonyl (C=O) groups excluding carboxylic acids is 1. The molecule has 1 amide bonds. The van der Waals surface area contributed by atoms with Crippen molar-refractivity contribution < 1.29 is 9.53 Å². The number of amides is 1. The van der Waals surface area contributed by atoms with Crippen molar-refractivity contribution in [1.82, 2.24) is 29.4 Å². The van der Waals surface area contributed by atoms with Crippen LogP contribution in [-0.4, -0.2) is 55.1 Å². The van der Waals surface area contributed by atoms with Crippen LogP contribution in [0.15, 0.2) is 0 Å². The maximum absolute atomic E-state index is 12.9. The van der Waals surface area contributed by atoms with E-state index in [2.05, 4.69) is 33.7 Å². The van der Waals surface area contributed by atoms with Gasteiger partial charge in [-0.1, -0.05) is 0 Å². The van der Waals surface area contributed by atoms with Crippen molar-refractivity contribution in [1.29, 1.82) is 0 Å². The van der Waals surface area contributed by atoms with Gasteiger partial charge in [-0.25, -0.2) is 0 Å². The highest BCUT2D eigenvalue weighted by Crippen LogP contribution is 2.31. The van der Waals surface area contributed by atoms with Crippen LogP contribution in [0.1, 0.15) is 66.7 Å². The van der Waals surface area contributed by atoms with E-state index in [0.29, 0.717) is 25.4 Å². The van der Waals surface area contributed by atoms with Gasteiger partial charge in [-0.15, -0.1) is 10.2 Å². The number of ether oxygens (including phenoxy) is 1. The largest absolute Gasteiger partial charge is 0.381 e. The molecule has 0 unspecified atom stereocenters. The molecule has 2 aromatic rings. The molecule has 4 rings (SSSR count). The van der Waals surface area contributed by atoms with E-state index in [1.165, 1.54) is 5.56 Å². The van der Waals surface area contributed by atoms with Crippen LogP contribution in [0.5, 0.6) is 0 Å². The van der Waals surface area contributed by atoms with Gasteiger partial charge in [-0.3, -0.25) is 9.48 Å². The third-order valence-corrected chi connectivity index (χ3v) is 6.24. The number of hydrogen-bond donors (Lipinski definition) is 0. The van der Waals surface area contributed by atoms with E-state index in [-0.39, 0.29) is 11.9 Å². The van der Waals surface area contributed by atoms with E-state index < -0.39 is 0 Å². The average Bonchev–Trinajstić information content (AvgIpc) is 3.22. The summed E-state index contributed by atoms with van der Waals surface area (Å²) in [5.41, 5.74) is 3.34. The Hall–Kier alpha value is -2.22. The molecule has 0 bridgehead atoms. The van der Waals surface area contributed by atoms with E-state index in [9.17, 15) is 4.79 Å². The Balaban J connectivity index is 1.44. The van der Waals surface area contributed by atoms with E-state index in [1.54, 1.807) is 0 Å². The number of nitrogens with zero attached hydrogens (tertiary/aromatic N) is 6.